The van der Waals surface area contributed by atoms with Gasteiger partial charge in [0.1, 0.15) is 0 Å². The van der Waals surface area contributed by atoms with E-state index in [4.69, 9.17) is 0 Å². The van der Waals surface area contributed by atoms with Crippen LogP contribution in [0.2, 0.25) is 0 Å². The molecule has 0 aliphatic carbocycles. The van der Waals surface area contributed by atoms with Crippen molar-refractivity contribution in [3.8, 4) is 0 Å². The second-order valence-electron chi connectivity index (χ2n) is 7.33. The number of halogens is 1. The van der Waals surface area contributed by atoms with Gasteiger partial charge in [0.15, 0.2) is 5.96 Å². The number of hydrogen-bond acceptors (Lipinski definition) is 3. The molecule has 0 aromatic heterocycles. The Hall–Kier alpha value is -1.35. The molecule has 1 heterocycles. The molecule has 1 fully saturated rings. The lowest BCUT2D eigenvalue weighted by atomic mass is 9.98. The smallest absolute Gasteiger partial charge is 0.251 e. The molecule has 7 heteroatoms. The van der Waals surface area contributed by atoms with E-state index in [2.05, 4.69) is 39.7 Å². The van der Waals surface area contributed by atoms with Gasteiger partial charge in [-0.15, -0.1) is 24.0 Å². The van der Waals surface area contributed by atoms with Gasteiger partial charge in [-0.1, -0.05) is 24.6 Å². The van der Waals surface area contributed by atoms with E-state index in [-0.39, 0.29) is 35.4 Å². The van der Waals surface area contributed by atoms with Crippen LogP contribution in [0.5, 0.6) is 0 Å². The third kappa shape index (κ3) is 8.04. The Kier molecular flexibility index (Phi) is 10.7. The van der Waals surface area contributed by atoms with Crippen molar-refractivity contribution in [1.82, 2.24) is 20.9 Å². The van der Waals surface area contributed by atoms with Crippen molar-refractivity contribution < 1.29 is 4.79 Å². The highest BCUT2D eigenvalue weighted by molar-refractivity contribution is 14.0. The first kappa shape index (κ1) is 23.7. The standard InChI is InChI=1S/C20H33N5O.HI/c1-20(2,25-14-8-5-9-15-25)16-24-19(21-3)23-13-12-22-18(26)17-10-6-4-7-11-17;/h4,6-7,10-11H,5,8-9,12-16H2,1-3H3,(H,22,26)(H2,21,23,24);1H. The summed E-state index contributed by atoms with van der Waals surface area (Å²) in [4.78, 5) is 18.8. The topological polar surface area (TPSA) is 68.8 Å². The molecule has 1 saturated heterocycles. The van der Waals surface area contributed by atoms with Crippen LogP contribution in [0.25, 0.3) is 0 Å². The van der Waals surface area contributed by atoms with Crippen LogP contribution in [-0.2, 0) is 0 Å². The Morgan fingerprint density at radius 2 is 1.67 bits per heavy atom. The van der Waals surface area contributed by atoms with Gasteiger partial charge in [0.2, 0.25) is 0 Å². The molecular formula is C20H34IN5O. The third-order valence-electron chi connectivity index (χ3n) is 4.86. The van der Waals surface area contributed by atoms with Crippen molar-refractivity contribution in [2.75, 3.05) is 39.8 Å². The number of guanidine groups is 1. The zero-order valence-electron chi connectivity index (χ0n) is 16.8. The Balaban J connectivity index is 0.00000364. The molecule has 0 radical (unpaired) electrons. The molecule has 2 rings (SSSR count). The molecule has 0 saturated carbocycles. The van der Waals surface area contributed by atoms with Crippen molar-refractivity contribution in [1.29, 1.82) is 0 Å². The quantitative estimate of drug-likeness (QED) is 0.239. The normalized spacial score (nSPS) is 15.6. The second-order valence-corrected chi connectivity index (χ2v) is 7.33. The summed E-state index contributed by atoms with van der Waals surface area (Å²) in [7, 11) is 1.77. The van der Waals surface area contributed by atoms with E-state index >= 15 is 0 Å². The van der Waals surface area contributed by atoms with E-state index in [1.54, 1.807) is 7.05 Å². The minimum atomic E-state index is -0.0541. The molecule has 1 aromatic rings. The SMILES string of the molecule is CN=C(NCCNC(=O)c1ccccc1)NCC(C)(C)N1CCCCC1.I. The number of piperidine rings is 1. The van der Waals surface area contributed by atoms with Crippen molar-refractivity contribution in [3.63, 3.8) is 0 Å². The first-order valence-corrected chi connectivity index (χ1v) is 9.56. The molecule has 0 atom stereocenters. The van der Waals surface area contributed by atoms with Gasteiger partial charge in [-0.3, -0.25) is 14.7 Å². The van der Waals surface area contributed by atoms with E-state index in [1.807, 2.05) is 30.3 Å². The lowest BCUT2D eigenvalue weighted by Crippen LogP contribution is -2.55. The van der Waals surface area contributed by atoms with Crippen LogP contribution in [0.4, 0.5) is 0 Å². The molecule has 152 valence electrons. The molecular weight excluding hydrogens is 453 g/mol. The maximum atomic E-state index is 12.0. The zero-order valence-corrected chi connectivity index (χ0v) is 19.1. The number of nitrogens with one attached hydrogen (secondary N) is 3. The highest BCUT2D eigenvalue weighted by Crippen LogP contribution is 2.19. The fourth-order valence-corrected chi connectivity index (χ4v) is 3.18. The van der Waals surface area contributed by atoms with Gasteiger partial charge in [-0.05, 0) is 51.9 Å². The van der Waals surface area contributed by atoms with Crippen LogP contribution in [0.1, 0.15) is 43.5 Å². The molecule has 27 heavy (non-hydrogen) atoms. The minimum Gasteiger partial charge on any atom is -0.355 e. The van der Waals surface area contributed by atoms with Gasteiger partial charge < -0.3 is 16.0 Å². The number of aliphatic imine (C=N–C) groups is 1. The van der Waals surface area contributed by atoms with Crippen molar-refractivity contribution in [2.45, 2.75) is 38.6 Å². The maximum Gasteiger partial charge on any atom is 0.251 e. The van der Waals surface area contributed by atoms with E-state index in [0.717, 1.165) is 12.5 Å². The highest BCUT2D eigenvalue weighted by Gasteiger charge is 2.27. The second kappa shape index (κ2) is 12.2. The lowest BCUT2D eigenvalue weighted by molar-refractivity contribution is 0.0954. The van der Waals surface area contributed by atoms with Gasteiger partial charge in [-0.2, -0.15) is 0 Å². The first-order valence-electron chi connectivity index (χ1n) is 9.56. The molecule has 0 spiro atoms. The summed E-state index contributed by atoms with van der Waals surface area (Å²) in [5.74, 6) is 0.714. The molecule has 3 N–H and O–H groups in total. The lowest BCUT2D eigenvalue weighted by Gasteiger charge is -2.41. The Morgan fingerprint density at radius 1 is 1.04 bits per heavy atom. The molecule has 0 unspecified atom stereocenters. The average molecular weight is 487 g/mol. The molecule has 1 amide bonds. The van der Waals surface area contributed by atoms with Crippen molar-refractivity contribution in [3.05, 3.63) is 35.9 Å². The van der Waals surface area contributed by atoms with E-state index in [1.165, 1.54) is 32.4 Å². The Labute approximate surface area is 180 Å². The van der Waals surface area contributed by atoms with E-state index < -0.39 is 0 Å². The molecule has 1 aliphatic rings. The summed E-state index contributed by atoms with van der Waals surface area (Å²) in [5, 5.41) is 9.58. The summed E-state index contributed by atoms with van der Waals surface area (Å²) >= 11 is 0. The van der Waals surface area contributed by atoms with Gasteiger partial charge in [0.25, 0.3) is 5.91 Å². The number of nitrogens with zero attached hydrogens (tertiary/aromatic N) is 2. The molecule has 6 nitrogen and oxygen atoms in total. The fourth-order valence-electron chi connectivity index (χ4n) is 3.18. The third-order valence-corrected chi connectivity index (χ3v) is 4.86. The van der Waals surface area contributed by atoms with E-state index in [9.17, 15) is 4.79 Å². The predicted molar refractivity (Wildman–Crippen MR) is 123 cm³/mol. The Morgan fingerprint density at radius 3 is 2.30 bits per heavy atom. The number of benzene rings is 1. The van der Waals surface area contributed by atoms with Gasteiger partial charge in [0.05, 0.1) is 0 Å². The number of rotatable bonds is 7. The van der Waals surface area contributed by atoms with Crippen LogP contribution >= 0.6 is 24.0 Å². The number of likely N-dealkylation sites (tertiary alicyclic amines) is 1. The summed E-state index contributed by atoms with van der Waals surface area (Å²) in [6.45, 7) is 8.91. The molecule has 0 bridgehead atoms. The summed E-state index contributed by atoms with van der Waals surface area (Å²) in [6, 6.07) is 9.25. The van der Waals surface area contributed by atoms with E-state index in [0.29, 0.717) is 18.7 Å². The number of carbonyl (C=O) groups is 1. The van der Waals surface area contributed by atoms with Gasteiger partial charge in [0, 0.05) is 37.8 Å². The van der Waals surface area contributed by atoms with Crippen molar-refractivity contribution >= 4 is 35.8 Å². The monoisotopic (exact) mass is 487 g/mol. The molecule has 1 aromatic carbocycles. The Bertz CT molecular complexity index is 585. The number of hydrogen-bond donors (Lipinski definition) is 3. The number of amides is 1. The maximum absolute atomic E-state index is 12.0. The van der Waals surface area contributed by atoms with Crippen LogP contribution in [0.3, 0.4) is 0 Å². The van der Waals surface area contributed by atoms with Crippen LogP contribution in [0, 0.1) is 0 Å². The van der Waals surface area contributed by atoms with Crippen LogP contribution in [-0.4, -0.2) is 62.1 Å². The van der Waals surface area contributed by atoms with Crippen LogP contribution < -0.4 is 16.0 Å². The van der Waals surface area contributed by atoms with Crippen molar-refractivity contribution in [2.24, 2.45) is 4.99 Å². The van der Waals surface area contributed by atoms with Gasteiger partial charge >= 0.3 is 0 Å². The summed E-state index contributed by atoms with van der Waals surface area (Å²) in [5.41, 5.74) is 0.776. The summed E-state index contributed by atoms with van der Waals surface area (Å²) in [6.07, 6.45) is 3.92. The largest absolute Gasteiger partial charge is 0.355 e. The average Bonchev–Trinajstić information content (AvgIpc) is 2.68. The number of carbonyl (C=O) groups excluding carboxylic acids is 1. The van der Waals surface area contributed by atoms with Gasteiger partial charge in [-0.25, -0.2) is 0 Å². The first-order chi connectivity index (χ1) is 12.5. The minimum absolute atomic E-state index is 0. The highest BCUT2D eigenvalue weighted by atomic mass is 127. The summed E-state index contributed by atoms with van der Waals surface area (Å²) < 4.78 is 0. The molecule has 1 aliphatic heterocycles. The zero-order chi connectivity index (χ0) is 18.8. The predicted octanol–water partition coefficient (Wildman–Crippen LogP) is 2.46. The fraction of sp³-hybridized carbons (Fsp3) is 0.600. The van der Waals surface area contributed by atoms with Crippen LogP contribution in [0.15, 0.2) is 35.3 Å².